The highest BCUT2D eigenvalue weighted by Gasteiger charge is 2.44. The first kappa shape index (κ1) is 58.9. The van der Waals surface area contributed by atoms with Crippen LogP contribution in [0, 0.1) is 0 Å². The molecule has 0 saturated carbocycles. The second kappa shape index (κ2) is 41.3. The van der Waals surface area contributed by atoms with Crippen LogP contribution in [0.3, 0.4) is 0 Å². The third-order valence-corrected chi connectivity index (χ3v) is 12.8. The van der Waals surface area contributed by atoms with E-state index in [2.05, 4.69) is 31.3 Å². The van der Waals surface area contributed by atoms with E-state index in [4.69, 9.17) is 9.47 Å². The second-order valence-corrected chi connectivity index (χ2v) is 18.6. The van der Waals surface area contributed by atoms with Crippen LogP contribution in [0.1, 0.15) is 239 Å². The van der Waals surface area contributed by atoms with Crippen LogP contribution in [0.25, 0.3) is 0 Å². The van der Waals surface area contributed by atoms with Crippen LogP contribution in [0.2, 0.25) is 0 Å². The molecule has 0 bridgehead atoms. The number of aliphatic hydroxyl groups excluding tert-OH is 7. The number of hydrogen-bond donors (Lipinski definition) is 8. The quantitative estimate of drug-likeness (QED) is 0.0216. The first-order chi connectivity index (χ1) is 30.2. The van der Waals surface area contributed by atoms with Crippen molar-refractivity contribution in [3.63, 3.8) is 0 Å². The summed E-state index contributed by atoms with van der Waals surface area (Å²) < 4.78 is 11.1. The predicted octanol–water partition coefficient (Wildman–Crippen LogP) is 9.62. The minimum Gasteiger partial charge on any atom is -0.394 e. The van der Waals surface area contributed by atoms with Gasteiger partial charge in [0.1, 0.15) is 36.6 Å². The summed E-state index contributed by atoms with van der Waals surface area (Å²) in [5.41, 5.74) is 0. The summed E-state index contributed by atoms with van der Waals surface area (Å²) in [6.07, 6.45) is 34.0. The molecule has 9 atom stereocenters. The zero-order chi connectivity index (χ0) is 45.5. The van der Waals surface area contributed by atoms with Crippen LogP contribution in [-0.4, -0.2) is 110 Å². The number of aliphatic hydroxyl groups is 7. The molecule has 1 fully saturated rings. The van der Waals surface area contributed by atoms with Crippen molar-refractivity contribution >= 4 is 5.91 Å². The maximum atomic E-state index is 13.1. The number of amides is 1. The normalized spacial score (nSPS) is 21.3. The van der Waals surface area contributed by atoms with Crippen LogP contribution in [0.15, 0.2) is 12.2 Å². The first-order valence-corrected chi connectivity index (χ1v) is 26.1. The van der Waals surface area contributed by atoms with Gasteiger partial charge < -0.3 is 50.5 Å². The van der Waals surface area contributed by atoms with Gasteiger partial charge in [0.15, 0.2) is 6.29 Å². The zero-order valence-corrected chi connectivity index (χ0v) is 39.9. The molecular weight excluding hydrogens is 787 g/mol. The van der Waals surface area contributed by atoms with Gasteiger partial charge in [-0.25, -0.2) is 0 Å². The lowest BCUT2D eigenvalue weighted by Gasteiger charge is -2.40. The molecular formula is C51H99NO10. The van der Waals surface area contributed by atoms with Gasteiger partial charge in [-0.2, -0.15) is 0 Å². The average molecular weight is 886 g/mol. The molecule has 0 aliphatic carbocycles. The third-order valence-electron chi connectivity index (χ3n) is 12.8. The van der Waals surface area contributed by atoms with E-state index in [1.807, 2.05) is 0 Å². The Bertz CT molecular complexity index is 1020. The van der Waals surface area contributed by atoms with Crippen molar-refractivity contribution in [1.29, 1.82) is 0 Å². The third kappa shape index (κ3) is 30.1. The zero-order valence-electron chi connectivity index (χ0n) is 39.9. The van der Waals surface area contributed by atoms with Gasteiger partial charge in [0.2, 0.25) is 5.91 Å². The molecule has 8 N–H and O–H groups in total. The van der Waals surface area contributed by atoms with E-state index < -0.39 is 74.2 Å². The van der Waals surface area contributed by atoms with Crippen molar-refractivity contribution < 1.29 is 50.0 Å². The van der Waals surface area contributed by atoms with Crippen molar-refractivity contribution in [2.24, 2.45) is 0 Å². The Morgan fingerprint density at radius 3 is 1.39 bits per heavy atom. The van der Waals surface area contributed by atoms with Crippen molar-refractivity contribution in [3.8, 4) is 0 Å². The number of carbonyl (C=O) groups is 1. The first-order valence-electron chi connectivity index (χ1n) is 26.1. The summed E-state index contributed by atoms with van der Waals surface area (Å²) in [4.78, 5) is 13.1. The molecule has 0 aromatic rings. The van der Waals surface area contributed by atoms with E-state index in [-0.39, 0.29) is 12.8 Å². The van der Waals surface area contributed by atoms with Crippen LogP contribution in [-0.2, 0) is 14.3 Å². The number of ether oxygens (including phenoxy) is 2. The standard InChI is InChI=1S/C51H99NO10/c1-3-5-7-9-11-13-15-17-19-20-21-22-23-25-26-28-30-32-34-36-38-43(54)46(56)42(41-61-51-49(59)48(58)47(57)45(40-53)62-51)52-50(60)44(55)39-37-35-33-31-29-27-24-18-16-14-12-10-8-6-4-2/h30,32,42-49,51,53-59H,3-29,31,33-41H2,1-2H3,(H,52,60)/b32-30+. The topological polar surface area (TPSA) is 189 Å². The number of rotatable bonds is 44. The Labute approximate surface area is 379 Å². The van der Waals surface area contributed by atoms with Crippen molar-refractivity contribution in [1.82, 2.24) is 5.32 Å². The molecule has 9 unspecified atom stereocenters. The summed E-state index contributed by atoms with van der Waals surface area (Å²) in [5.74, 6) is -0.703. The molecule has 1 aliphatic heterocycles. The lowest BCUT2D eigenvalue weighted by molar-refractivity contribution is -0.303. The van der Waals surface area contributed by atoms with Crippen molar-refractivity contribution in [3.05, 3.63) is 12.2 Å². The van der Waals surface area contributed by atoms with Gasteiger partial charge in [-0.05, 0) is 38.5 Å². The van der Waals surface area contributed by atoms with Gasteiger partial charge in [-0.3, -0.25) is 4.79 Å². The predicted molar refractivity (Wildman–Crippen MR) is 252 cm³/mol. The summed E-state index contributed by atoms with van der Waals surface area (Å²) in [5, 5.41) is 75.9. The molecule has 0 spiro atoms. The fourth-order valence-corrected chi connectivity index (χ4v) is 8.50. The Balaban J connectivity index is 2.40. The van der Waals surface area contributed by atoms with E-state index in [0.717, 1.165) is 38.5 Å². The number of nitrogens with one attached hydrogen (secondary N) is 1. The largest absolute Gasteiger partial charge is 0.394 e. The van der Waals surface area contributed by atoms with E-state index in [1.165, 1.54) is 161 Å². The molecule has 0 aromatic heterocycles. The van der Waals surface area contributed by atoms with Gasteiger partial charge >= 0.3 is 0 Å². The molecule has 62 heavy (non-hydrogen) atoms. The SMILES string of the molecule is CCCCCCCCCCCCCCCCC/C=C/CCCC(O)C(O)C(COC1OC(CO)C(O)C(O)C1O)NC(=O)C(O)CCCCCCCCCCCCCCCCC. The minimum atomic E-state index is -1.66. The summed E-state index contributed by atoms with van der Waals surface area (Å²) in [6.45, 7) is 3.45. The highest BCUT2D eigenvalue weighted by molar-refractivity contribution is 5.80. The fourth-order valence-electron chi connectivity index (χ4n) is 8.50. The maximum Gasteiger partial charge on any atom is 0.249 e. The fraction of sp³-hybridized carbons (Fsp3) is 0.941. The summed E-state index contributed by atoms with van der Waals surface area (Å²) in [6, 6.07) is -1.18. The van der Waals surface area contributed by atoms with Gasteiger partial charge in [0.05, 0.1) is 25.4 Å². The molecule has 1 rings (SSSR count). The molecule has 368 valence electrons. The molecule has 1 saturated heterocycles. The lowest BCUT2D eigenvalue weighted by Crippen LogP contribution is -2.60. The number of hydrogen-bond acceptors (Lipinski definition) is 10. The average Bonchev–Trinajstić information content (AvgIpc) is 3.27. The smallest absolute Gasteiger partial charge is 0.249 e. The Morgan fingerprint density at radius 2 is 0.952 bits per heavy atom. The molecule has 11 heteroatoms. The highest BCUT2D eigenvalue weighted by Crippen LogP contribution is 2.23. The molecule has 1 amide bonds. The van der Waals surface area contributed by atoms with Crippen molar-refractivity contribution in [2.75, 3.05) is 13.2 Å². The molecule has 11 nitrogen and oxygen atoms in total. The number of unbranched alkanes of at least 4 members (excludes halogenated alkanes) is 30. The Kier molecular flexibility index (Phi) is 39.2. The van der Waals surface area contributed by atoms with Gasteiger partial charge in [0, 0.05) is 0 Å². The summed E-state index contributed by atoms with van der Waals surface area (Å²) in [7, 11) is 0. The van der Waals surface area contributed by atoms with Crippen LogP contribution in [0.5, 0.6) is 0 Å². The Hall–Kier alpha value is -1.15. The number of carbonyl (C=O) groups excluding carboxylic acids is 1. The second-order valence-electron chi connectivity index (χ2n) is 18.6. The van der Waals surface area contributed by atoms with Gasteiger partial charge in [0.25, 0.3) is 0 Å². The minimum absolute atomic E-state index is 0.259. The van der Waals surface area contributed by atoms with E-state index in [9.17, 15) is 40.5 Å². The molecule has 1 aliphatic rings. The maximum absolute atomic E-state index is 13.1. The number of allylic oxidation sites excluding steroid dienone is 2. The van der Waals surface area contributed by atoms with Gasteiger partial charge in [-0.1, -0.05) is 212 Å². The molecule has 1 heterocycles. The highest BCUT2D eigenvalue weighted by atomic mass is 16.7. The molecule has 0 radical (unpaired) electrons. The van der Waals surface area contributed by atoms with E-state index >= 15 is 0 Å². The van der Waals surface area contributed by atoms with E-state index in [0.29, 0.717) is 12.8 Å². The van der Waals surface area contributed by atoms with Crippen LogP contribution >= 0.6 is 0 Å². The molecule has 0 aromatic carbocycles. The van der Waals surface area contributed by atoms with E-state index in [1.54, 1.807) is 0 Å². The summed E-state index contributed by atoms with van der Waals surface area (Å²) >= 11 is 0. The van der Waals surface area contributed by atoms with Crippen LogP contribution < -0.4 is 5.32 Å². The van der Waals surface area contributed by atoms with Crippen LogP contribution in [0.4, 0.5) is 0 Å². The lowest BCUT2D eigenvalue weighted by atomic mass is 9.98. The van der Waals surface area contributed by atoms with Crippen molar-refractivity contribution in [2.45, 2.75) is 294 Å². The Morgan fingerprint density at radius 1 is 0.548 bits per heavy atom. The van der Waals surface area contributed by atoms with Gasteiger partial charge in [-0.15, -0.1) is 0 Å². The monoisotopic (exact) mass is 886 g/mol.